The van der Waals surface area contributed by atoms with E-state index in [-0.39, 0.29) is 11.8 Å². The van der Waals surface area contributed by atoms with Crippen LogP contribution in [0.3, 0.4) is 0 Å². The van der Waals surface area contributed by atoms with Crippen molar-refractivity contribution < 1.29 is 9.32 Å². The normalized spacial score (nSPS) is 18.8. The summed E-state index contributed by atoms with van der Waals surface area (Å²) in [5.74, 6) is 0.742. The number of nitrogens with one attached hydrogen (secondary N) is 1. The van der Waals surface area contributed by atoms with Gasteiger partial charge in [0, 0.05) is 37.8 Å². The zero-order valence-electron chi connectivity index (χ0n) is 13.6. The highest BCUT2D eigenvalue weighted by molar-refractivity contribution is 6.06. The molecule has 1 aliphatic carbocycles. The molecule has 4 rings (SSSR count). The molecule has 1 saturated heterocycles. The molecule has 6 nitrogen and oxygen atoms in total. The Morgan fingerprint density at radius 2 is 2.09 bits per heavy atom. The maximum atomic E-state index is 13.1. The predicted octanol–water partition coefficient (Wildman–Crippen LogP) is 2.27. The maximum Gasteiger partial charge on any atom is 0.259 e. The summed E-state index contributed by atoms with van der Waals surface area (Å²) in [6.07, 6.45) is 2.29. The molecule has 0 atom stereocenters. The second-order valence-corrected chi connectivity index (χ2v) is 6.81. The molecule has 3 heterocycles. The first kappa shape index (κ1) is 14.6. The second-order valence-electron chi connectivity index (χ2n) is 6.81. The molecule has 0 spiro atoms. The highest BCUT2D eigenvalue weighted by Gasteiger charge is 2.31. The lowest BCUT2D eigenvalue weighted by Gasteiger charge is -2.27. The summed E-state index contributed by atoms with van der Waals surface area (Å²) in [6, 6.07) is 1.98. The van der Waals surface area contributed by atoms with Crippen LogP contribution in [0, 0.1) is 0 Å². The van der Waals surface area contributed by atoms with E-state index in [0.29, 0.717) is 17.2 Å². The number of aromatic nitrogens is 2. The van der Waals surface area contributed by atoms with Crippen molar-refractivity contribution in [2.75, 3.05) is 26.2 Å². The number of hydrogen-bond donors (Lipinski definition) is 1. The highest BCUT2D eigenvalue weighted by Crippen LogP contribution is 2.41. The molecule has 6 heteroatoms. The van der Waals surface area contributed by atoms with Crippen molar-refractivity contribution in [1.29, 1.82) is 0 Å². The molecule has 2 aliphatic rings. The van der Waals surface area contributed by atoms with Crippen molar-refractivity contribution in [1.82, 2.24) is 20.4 Å². The van der Waals surface area contributed by atoms with E-state index in [0.717, 1.165) is 55.8 Å². The average Bonchev–Trinajstić information content (AvgIpc) is 3.33. The van der Waals surface area contributed by atoms with Crippen molar-refractivity contribution >= 4 is 17.0 Å². The van der Waals surface area contributed by atoms with Gasteiger partial charge in [0.1, 0.15) is 0 Å². The minimum absolute atomic E-state index is 0.0749. The van der Waals surface area contributed by atoms with Gasteiger partial charge >= 0.3 is 0 Å². The first-order valence-corrected chi connectivity index (χ1v) is 8.45. The van der Waals surface area contributed by atoms with Crippen LogP contribution in [0.5, 0.6) is 0 Å². The summed E-state index contributed by atoms with van der Waals surface area (Å²) < 4.78 is 5.46. The summed E-state index contributed by atoms with van der Waals surface area (Å²) in [4.78, 5) is 19.6. The number of piperazine rings is 1. The quantitative estimate of drug-likeness (QED) is 0.941. The first-order valence-electron chi connectivity index (χ1n) is 8.45. The fourth-order valence-electron chi connectivity index (χ4n) is 3.18. The molecule has 1 amide bonds. The molecule has 0 bridgehead atoms. The Bertz CT molecular complexity index is 742. The minimum Gasteiger partial charge on any atom is -0.336 e. The average molecular weight is 314 g/mol. The Morgan fingerprint density at radius 1 is 1.35 bits per heavy atom. The van der Waals surface area contributed by atoms with E-state index < -0.39 is 0 Å². The molecular weight excluding hydrogens is 292 g/mol. The number of amides is 1. The Kier molecular flexibility index (Phi) is 3.56. The third-order valence-electron chi connectivity index (χ3n) is 4.67. The SMILES string of the molecule is CC(C)c1noc2nc(C3CC3)cc(C(=O)N3CCNCC3)c12. The van der Waals surface area contributed by atoms with Crippen LogP contribution in [-0.2, 0) is 0 Å². The van der Waals surface area contributed by atoms with Crippen molar-refractivity contribution in [3.63, 3.8) is 0 Å². The topological polar surface area (TPSA) is 71.3 Å². The number of carbonyl (C=O) groups is 1. The van der Waals surface area contributed by atoms with Crippen molar-refractivity contribution in [3.8, 4) is 0 Å². The Hall–Kier alpha value is -1.95. The highest BCUT2D eigenvalue weighted by atomic mass is 16.5. The van der Waals surface area contributed by atoms with Gasteiger partial charge in [-0.15, -0.1) is 0 Å². The smallest absolute Gasteiger partial charge is 0.259 e. The van der Waals surface area contributed by atoms with E-state index in [1.54, 1.807) is 0 Å². The first-order chi connectivity index (χ1) is 11.1. The summed E-state index contributed by atoms with van der Waals surface area (Å²) in [7, 11) is 0. The van der Waals surface area contributed by atoms with Gasteiger partial charge in [-0.3, -0.25) is 4.79 Å². The molecule has 0 radical (unpaired) electrons. The van der Waals surface area contributed by atoms with Crippen LogP contribution in [0.2, 0.25) is 0 Å². The largest absolute Gasteiger partial charge is 0.336 e. The molecule has 2 aromatic heterocycles. The Labute approximate surface area is 135 Å². The van der Waals surface area contributed by atoms with E-state index in [9.17, 15) is 4.79 Å². The molecule has 0 unspecified atom stereocenters. The fourth-order valence-corrected chi connectivity index (χ4v) is 3.18. The Balaban J connectivity index is 1.84. The number of carbonyl (C=O) groups excluding carboxylic acids is 1. The van der Waals surface area contributed by atoms with Gasteiger partial charge in [-0.05, 0) is 24.8 Å². The van der Waals surface area contributed by atoms with Gasteiger partial charge in [0.15, 0.2) is 0 Å². The summed E-state index contributed by atoms with van der Waals surface area (Å²) >= 11 is 0. The second kappa shape index (κ2) is 5.60. The number of rotatable bonds is 3. The van der Waals surface area contributed by atoms with Gasteiger partial charge in [0.05, 0.1) is 16.6 Å². The van der Waals surface area contributed by atoms with Crippen molar-refractivity contribution in [2.45, 2.75) is 38.5 Å². The van der Waals surface area contributed by atoms with Crippen LogP contribution in [0.1, 0.15) is 60.3 Å². The van der Waals surface area contributed by atoms with Gasteiger partial charge in [-0.25, -0.2) is 4.98 Å². The number of fused-ring (bicyclic) bond motifs is 1. The monoisotopic (exact) mass is 314 g/mol. The molecule has 1 aliphatic heterocycles. The fraction of sp³-hybridized carbons (Fsp3) is 0.588. The molecule has 23 heavy (non-hydrogen) atoms. The van der Waals surface area contributed by atoms with Crippen LogP contribution in [0.4, 0.5) is 0 Å². The van der Waals surface area contributed by atoms with Gasteiger partial charge in [0.2, 0.25) is 0 Å². The molecule has 2 fully saturated rings. The summed E-state index contributed by atoms with van der Waals surface area (Å²) in [6.45, 7) is 7.29. The van der Waals surface area contributed by atoms with Crippen molar-refractivity contribution in [3.05, 3.63) is 23.0 Å². The van der Waals surface area contributed by atoms with E-state index in [1.807, 2.05) is 11.0 Å². The van der Waals surface area contributed by atoms with E-state index in [4.69, 9.17) is 4.52 Å². The summed E-state index contributed by atoms with van der Waals surface area (Å²) in [5.41, 5.74) is 3.02. The third kappa shape index (κ3) is 2.61. The number of pyridine rings is 1. The van der Waals surface area contributed by atoms with Crippen LogP contribution in [-0.4, -0.2) is 47.1 Å². The lowest BCUT2D eigenvalue weighted by atomic mass is 10.0. The van der Waals surface area contributed by atoms with Crippen molar-refractivity contribution in [2.24, 2.45) is 0 Å². The predicted molar refractivity (Wildman–Crippen MR) is 86.6 cm³/mol. The van der Waals surface area contributed by atoms with E-state index in [2.05, 4.69) is 29.3 Å². The number of hydrogen-bond acceptors (Lipinski definition) is 5. The Morgan fingerprint density at radius 3 is 2.74 bits per heavy atom. The molecule has 0 aromatic carbocycles. The van der Waals surface area contributed by atoms with E-state index in [1.165, 1.54) is 0 Å². The van der Waals surface area contributed by atoms with E-state index >= 15 is 0 Å². The maximum absolute atomic E-state index is 13.1. The van der Waals surface area contributed by atoms with Crippen LogP contribution >= 0.6 is 0 Å². The van der Waals surface area contributed by atoms with Gasteiger partial charge in [0.25, 0.3) is 11.6 Å². The molecular formula is C17H22N4O2. The minimum atomic E-state index is 0.0749. The van der Waals surface area contributed by atoms with Crippen LogP contribution < -0.4 is 5.32 Å². The third-order valence-corrected chi connectivity index (χ3v) is 4.67. The molecule has 1 N–H and O–H groups in total. The van der Waals surface area contributed by atoms with Crippen LogP contribution in [0.25, 0.3) is 11.1 Å². The zero-order chi connectivity index (χ0) is 16.0. The molecule has 2 aromatic rings. The van der Waals surface area contributed by atoms with Crippen LogP contribution in [0.15, 0.2) is 10.6 Å². The standard InChI is InChI=1S/C17H22N4O2/c1-10(2)15-14-12(17(22)21-7-5-18-6-8-21)9-13(11-3-4-11)19-16(14)23-20-15/h9-11,18H,3-8H2,1-2H3. The van der Waals surface area contributed by atoms with Gasteiger partial charge in [-0.2, -0.15) is 0 Å². The zero-order valence-corrected chi connectivity index (χ0v) is 13.6. The summed E-state index contributed by atoms with van der Waals surface area (Å²) in [5, 5.41) is 8.27. The lowest BCUT2D eigenvalue weighted by molar-refractivity contribution is 0.0737. The number of nitrogens with zero attached hydrogens (tertiary/aromatic N) is 3. The molecule has 122 valence electrons. The molecule has 1 saturated carbocycles. The van der Waals surface area contributed by atoms with Gasteiger partial charge in [-0.1, -0.05) is 19.0 Å². The van der Waals surface area contributed by atoms with Gasteiger partial charge < -0.3 is 14.7 Å². The lowest BCUT2D eigenvalue weighted by Crippen LogP contribution is -2.46.